The summed E-state index contributed by atoms with van der Waals surface area (Å²) in [5.41, 5.74) is 4.51. The summed E-state index contributed by atoms with van der Waals surface area (Å²) in [4.78, 5) is 26.2. The van der Waals surface area contributed by atoms with Crippen LogP contribution in [0.25, 0.3) is 10.4 Å². The Morgan fingerprint density at radius 3 is 2.50 bits per heavy atom. The average Bonchev–Trinajstić information content (AvgIpc) is 3.32. The zero-order valence-corrected chi connectivity index (χ0v) is 16.1. The number of pyridine rings is 1. The van der Waals surface area contributed by atoms with Crippen LogP contribution in [0.15, 0.2) is 53.2 Å². The van der Waals surface area contributed by atoms with Crippen LogP contribution >= 0.6 is 11.3 Å². The lowest BCUT2D eigenvalue weighted by Crippen LogP contribution is -2.41. The number of nitrogens with two attached hydrogens (primary N) is 1. The molecule has 11 heteroatoms. The smallest absolute Gasteiger partial charge is 0.369 e. The molecule has 30 heavy (non-hydrogen) atoms. The van der Waals surface area contributed by atoms with E-state index in [9.17, 15) is 22.4 Å². The zero-order valence-electron chi connectivity index (χ0n) is 15.3. The molecule has 0 bridgehead atoms. The Morgan fingerprint density at radius 1 is 1.17 bits per heavy atom. The lowest BCUT2D eigenvalue weighted by molar-refractivity contribution is -0.141. The Labute approximate surface area is 171 Å². The van der Waals surface area contributed by atoms with Gasteiger partial charge in [-0.2, -0.15) is 13.2 Å². The highest BCUT2D eigenvalue weighted by Gasteiger charge is 2.50. The molecule has 1 aromatic carbocycles. The Balaban J connectivity index is 1.99. The van der Waals surface area contributed by atoms with Crippen molar-refractivity contribution in [3.8, 4) is 10.4 Å². The lowest BCUT2D eigenvalue weighted by Gasteiger charge is -2.27. The molecule has 2 aromatic heterocycles. The number of carbonyl (C=O) groups excluding carboxylic acids is 1. The number of aliphatic imine (C=N–C) groups is 1. The van der Waals surface area contributed by atoms with Gasteiger partial charge in [0, 0.05) is 25.0 Å². The number of benzene rings is 1. The molecule has 0 saturated carbocycles. The van der Waals surface area contributed by atoms with Crippen molar-refractivity contribution < 1.29 is 22.4 Å². The van der Waals surface area contributed by atoms with Gasteiger partial charge < -0.3 is 5.73 Å². The molecule has 1 amide bonds. The van der Waals surface area contributed by atoms with Crippen molar-refractivity contribution in [3.63, 3.8) is 0 Å². The van der Waals surface area contributed by atoms with Crippen LogP contribution in [-0.2, 0) is 16.5 Å². The Morgan fingerprint density at radius 2 is 1.90 bits per heavy atom. The number of alkyl halides is 3. The molecule has 2 N–H and O–H groups in total. The van der Waals surface area contributed by atoms with Gasteiger partial charge in [-0.15, -0.1) is 11.3 Å². The molecule has 0 radical (unpaired) electrons. The summed E-state index contributed by atoms with van der Waals surface area (Å²) in [5, 5.41) is 0. The van der Waals surface area contributed by atoms with Crippen LogP contribution in [0.5, 0.6) is 0 Å². The van der Waals surface area contributed by atoms with Gasteiger partial charge in [-0.25, -0.2) is 9.38 Å². The van der Waals surface area contributed by atoms with Gasteiger partial charge in [0.15, 0.2) is 11.5 Å². The van der Waals surface area contributed by atoms with Crippen LogP contribution in [0.2, 0.25) is 0 Å². The summed E-state index contributed by atoms with van der Waals surface area (Å²) in [6.07, 6.45) is -2.32. The molecule has 4 rings (SSSR count). The number of thiazole rings is 1. The number of hydrogen-bond donors (Lipinski definition) is 1. The highest BCUT2D eigenvalue weighted by Crippen LogP contribution is 2.42. The number of aromatic nitrogens is 2. The monoisotopic (exact) mass is 435 g/mol. The number of likely N-dealkylation sites (N-methyl/N-ethyl adjacent to an activating group) is 1. The predicted octanol–water partition coefficient (Wildman–Crippen LogP) is 3.39. The molecular formula is C19H13F4N5OS. The molecule has 1 aliphatic rings. The van der Waals surface area contributed by atoms with E-state index in [1.54, 1.807) is 0 Å². The maximum Gasteiger partial charge on any atom is 0.433 e. The van der Waals surface area contributed by atoms with E-state index in [-0.39, 0.29) is 22.6 Å². The van der Waals surface area contributed by atoms with Gasteiger partial charge in [0.1, 0.15) is 11.5 Å². The van der Waals surface area contributed by atoms with Crippen LogP contribution in [-0.4, -0.2) is 33.8 Å². The average molecular weight is 435 g/mol. The van der Waals surface area contributed by atoms with Crippen molar-refractivity contribution in [1.82, 2.24) is 14.9 Å². The van der Waals surface area contributed by atoms with E-state index in [0.29, 0.717) is 4.88 Å². The molecule has 1 aliphatic heterocycles. The maximum atomic E-state index is 14.5. The standard InChI is InChI=1S/C19H13F4N5OS/c1-28-16(29)18(27-17(28)24,11-4-5-26-15(7-11)19(21,22)23)10-2-3-13(20)12(6-10)14-8-25-9-30-14/h2-9H,1H3,(H2,24,27). The number of carbonyl (C=O) groups is 1. The summed E-state index contributed by atoms with van der Waals surface area (Å²) < 4.78 is 54.3. The van der Waals surface area contributed by atoms with Gasteiger partial charge in [-0.3, -0.25) is 19.7 Å². The highest BCUT2D eigenvalue weighted by atomic mass is 32.1. The first kappa shape index (κ1) is 20.0. The number of halogens is 4. The molecule has 154 valence electrons. The van der Waals surface area contributed by atoms with Crippen LogP contribution in [0.1, 0.15) is 16.8 Å². The SMILES string of the molecule is CN1C(=O)C(c2ccnc(C(F)(F)F)c2)(c2ccc(F)c(-c3cncs3)c2)N=C1N. The number of rotatable bonds is 3. The second kappa shape index (κ2) is 6.87. The predicted molar refractivity (Wildman–Crippen MR) is 102 cm³/mol. The summed E-state index contributed by atoms with van der Waals surface area (Å²) >= 11 is 1.18. The fourth-order valence-electron chi connectivity index (χ4n) is 3.28. The topological polar surface area (TPSA) is 84.5 Å². The van der Waals surface area contributed by atoms with Crippen molar-refractivity contribution >= 4 is 23.2 Å². The third-order valence-electron chi connectivity index (χ3n) is 4.79. The fourth-order valence-corrected chi connectivity index (χ4v) is 3.92. The molecular weight excluding hydrogens is 422 g/mol. The molecule has 3 aromatic rings. The fraction of sp³-hybridized carbons (Fsp3) is 0.158. The molecule has 0 spiro atoms. The quantitative estimate of drug-likeness (QED) is 0.640. The van der Waals surface area contributed by atoms with E-state index in [1.807, 2.05) is 0 Å². The first-order chi connectivity index (χ1) is 14.1. The van der Waals surface area contributed by atoms with Crippen LogP contribution < -0.4 is 5.73 Å². The van der Waals surface area contributed by atoms with E-state index < -0.39 is 29.1 Å². The second-order valence-electron chi connectivity index (χ2n) is 6.53. The highest BCUT2D eigenvalue weighted by molar-refractivity contribution is 7.13. The summed E-state index contributed by atoms with van der Waals surface area (Å²) in [7, 11) is 1.36. The number of nitrogens with zero attached hydrogens (tertiary/aromatic N) is 4. The minimum absolute atomic E-state index is 0.0796. The molecule has 3 heterocycles. The molecule has 1 unspecified atom stereocenters. The Kier molecular flexibility index (Phi) is 4.57. The first-order valence-corrected chi connectivity index (χ1v) is 9.38. The van der Waals surface area contributed by atoms with E-state index in [1.165, 1.54) is 48.3 Å². The zero-order chi connectivity index (χ0) is 21.7. The summed E-state index contributed by atoms with van der Waals surface area (Å²) in [6.45, 7) is 0. The van der Waals surface area contributed by atoms with Gasteiger partial charge in [-0.1, -0.05) is 6.07 Å². The molecule has 0 fully saturated rings. The van der Waals surface area contributed by atoms with Crippen molar-refractivity contribution in [1.29, 1.82) is 0 Å². The van der Waals surface area contributed by atoms with Crippen LogP contribution in [0, 0.1) is 5.82 Å². The Hall–Kier alpha value is -3.34. The maximum absolute atomic E-state index is 14.5. The van der Waals surface area contributed by atoms with Crippen LogP contribution in [0.3, 0.4) is 0 Å². The molecule has 0 aliphatic carbocycles. The molecule has 0 saturated heterocycles. The van der Waals surface area contributed by atoms with Gasteiger partial charge in [0.25, 0.3) is 5.91 Å². The van der Waals surface area contributed by atoms with E-state index in [0.717, 1.165) is 23.2 Å². The van der Waals surface area contributed by atoms with E-state index >= 15 is 0 Å². The lowest BCUT2D eigenvalue weighted by atomic mass is 9.82. The molecule has 6 nitrogen and oxygen atoms in total. The third kappa shape index (κ3) is 3.02. The first-order valence-electron chi connectivity index (χ1n) is 8.50. The minimum Gasteiger partial charge on any atom is -0.369 e. The number of guanidine groups is 1. The van der Waals surface area contributed by atoms with Gasteiger partial charge in [0.2, 0.25) is 0 Å². The van der Waals surface area contributed by atoms with Gasteiger partial charge >= 0.3 is 6.18 Å². The van der Waals surface area contributed by atoms with Crippen molar-refractivity contribution in [3.05, 3.63) is 70.9 Å². The van der Waals surface area contributed by atoms with E-state index in [4.69, 9.17) is 5.73 Å². The summed E-state index contributed by atoms with van der Waals surface area (Å²) in [6, 6.07) is 5.84. The normalized spacial score (nSPS) is 19.3. The Bertz CT molecular complexity index is 1160. The van der Waals surface area contributed by atoms with Gasteiger partial charge in [-0.05, 0) is 35.4 Å². The largest absolute Gasteiger partial charge is 0.433 e. The van der Waals surface area contributed by atoms with Gasteiger partial charge in [0.05, 0.1) is 10.4 Å². The van der Waals surface area contributed by atoms with Crippen molar-refractivity contribution in [2.75, 3.05) is 7.05 Å². The van der Waals surface area contributed by atoms with Crippen LogP contribution in [0.4, 0.5) is 17.6 Å². The van der Waals surface area contributed by atoms with E-state index in [2.05, 4.69) is 15.0 Å². The van der Waals surface area contributed by atoms with Crippen molar-refractivity contribution in [2.45, 2.75) is 11.7 Å². The summed E-state index contributed by atoms with van der Waals surface area (Å²) in [5.74, 6) is -1.41. The number of amides is 1. The van der Waals surface area contributed by atoms with Crippen molar-refractivity contribution in [2.24, 2.45) is 10.7 Å². The third-order valence-corrected chi connectivity index (χ3v) is 5.60. The molecule has 1 atom stereocenters. The number of hydrogen-bond acceptors (Lipinski definition) is 6. The minimum atomic E-state index is -4.73. The second-order valence-corrected chi connectivity index (χ2v) is 7.42.